The third-order valence-corrected chi connectivity index (χ3v) is 5.03. The normalized spacial score (nSPS) is 22.6. The van der Waals surface area contributed by atoms with Gasteiger partial charge in [-0.1, -0.05) is 5.16 Å². The van der Waals surface area contributed by atoms with Crippen molar-refractivity contribution < 1.29 is 4.52 Å². The van der Waals surface area contributed by atoms with E-state index < -0.39 is 0 Å². The van der Waals surface area contributed by atoms with Gasteiger partial charge in [-0.15, -0.1) is 0 Å². The van der Waals surface area contributed by atoms with Crippen molar-refractivity contribution in [2.75, 3.05) is 6.54 Å². The van der Waals surface area contributed by atoms with Crippen molar-refractivity contribution in [2.45, 2.75) is 58.0 Å². The molecule has 0 spiro atoms. The van der Waals surface area contributed by atoms with Gasteiger partial charge >= 0.3 is 0 Å². The smallest absolute Gasteiger partial charge is 0.240 e. The van der Waals surface area contributed by atoms with E-state index in [1.807, 2.05) is 11.7 Å². The molecule has 1 aliphatic heterocycles. The summed E-state index contributed by atoms with van der Waals surface area (Å²) in [5, 5.41) is 8.70. The second-order valence-corrected chi connectivity index (χ2v) is 6.66. The Kier molecular flexibility index (Phi) is 3.29. The van der Waals surface area contributed by atoms with E-state index in [1.165, 1.54) is 36.9 Å². The minimum atomic E-state index is 0.421. The van der Waals surface area contributed by atoms with Gasteiger partial charge in [-0.25, -0.2) is 0 Å². The Morgan fingerprint density at radius 2 is 2.05 bits per heavy atom. The highest BCUT2D eigenvalue weighted by Crippen LogP contribution is 2.39. The predicted molar refractivity (Wildman–Crippen MR) is 81.3 cm³/mol. The fourth-order valence-corrected chi connectivity index (χ4v) is 3.63. The number of rotatable bonds is 4. The highest BCUT2D eigenvalue weighted by molar-refractivity contribution is 5.29. The summed E-state index contributed by atoms with van der Waals surface area (Å²) in [5.41, 5.74) is 3.78. The Morgan fingerprint density at radius 3 is 2.73 bits per heavy atom. The van der Waals surface area contributed by atoms with Crippen LogP contribution in [0.25, 0.3) is 0 Å². The third kappa shape index (κ3) is 2.35. The minimum absolute atomic E-state index is 0.421. The average Bonchev–Trinajstić information content (AvgIpc) is 2.98. The number of hydrogen-bond donors (Lipinski definition) is 0. The molecule has 1 atom stereocenters. The molecular formula is C16H23N5O. The topological polar surface area (TPSA) is 60.0 Å². The average molecular weight is 301 g/mol. The van der Waals surface area contributed by atoms with Crippen LogP contribution >= 0.6 is 0 Å². The van der Waals surface area contributed by atoms with Crippen LogP contribution in [0.3, 0.4) is 0 Å². The molecule has 6 nitrogen and oxygen atoms in total. The van der Waals surface area contributed by atoms with Crippen LogP contribution in [0.2, 0.25) is 0 Å². The number of aromatic nitrogens is 4. The van der Waals surface area contributed by atoms with Crippen molar-refractivity contribution in [3.05, 3.63) is 28.7 Å². The van der Waals surface area contributed by atoms with E-state index in [4.69, 9.17) is 4.52 Å². The summed E-state index contributed by atoms with van der Waals surface area (Å²) in [7, 11) is 2.02. The highest BCUT2D eigenvalue weighted by Gasteiger charge is 2.33. The molecule has 1 saturated carbocycles. The van der Waals surface area contributed by atoms with Gasteiger partial charge in [0.15, 0.2) is 5.82 Å². The first kappa shape index (κ1) is 13.9. The summed E-state index contributed by atoms with van der Waals surface area (Å²) in [6.07, 6.45) is 4.80. The Hall–Kier alpha value is -1.69. The minimum Gasteiger partial charge on any atom is -0.338 e. The monoisotopic (exact) mass is 301 g/mol. The molecule has 1 aliphatic carbocycles. The van der Waals surface area contributed by atoms with Crippen molar-refractivity contribution in [1.29, 1.82) is 0 Å². The maximum Gasteiger partial charge on any atom is 0.240 e. The molecule has 6 heteroatoms. The van der Waals surface area contributed by atoms with Gasteiger partial charge in [0.1, 0.15) is 0 Å². The van der Waals surface area contributed by atoms with Crippen molar-refractivity contribution in [2.24, 2.45) is 7.05 Å². The zero-order chi connectivity index (χ0) is 15.3. The lowest BCUT2D eigenvalue weighted by Crippen LogP contribution is -2.23. The quantitative estimate of drug-likeness (QED) is 0.869. The SMILES string of the molecule is Cc1nn(C)c(C)c1C1CCCN1Cc1nc(C2CC2)no1. The van der Waals surface area contributed by atoms with E-state index in [2.05, 4.69) is 34.0 Å². The molecule has 22 heavy (non-hydrogen) atoms. The lowest BCUT2D eigenvalue weighted by Gasteiger charge is -2.23. The van der Waals surface area contributed by atoms with Crippen LogP contribution in [0.1, 0.15) is 66.3 Å². The van der Waals surface area contributed by atoms with Crippen LogP contribution in [-0.2, 0) is 13.6 Å². The molecular weight excluding hydrogens is 278 g/mol. The summed E-state index contributed by atoms with van der Waals surface area (Å²) < 4.78 is 7.44. The number of hydrogen-bond acceptors (Lipinski definition) is 5. The van der Waals surface area contributed by atoms with Crippen LogP contribution < -0.4 is 0 Å². The van der Waals surface area contributed by atoms with E-state index in [-0.39, 0.29) is 0 Å². The lowest BCUT2D eigenvalue weighted by molar-refractivity contribution is 0.211. The fraction of sp³-hybridized carbons (Fsp3) is 0.688. The van der Waals surface area contributed by atoms with Crippen molar-refractivity contribution in [3.63, 3.8) is 0 Å². The van der Waals surface area contributed by atoms with Gasteiger partial charge in [-0.2, -0.15) is 10.1 Å². The molecule has 2 fully saturated rings. The summed E-state index contributed by atoms with van der Waals surface area (Å²) in [4.78, 5) is 7.03. The highest BCUT2D eigenvalue weighted by atomic mass is 16.5. The van der Waals surface area contributed by atoms with Crippen LogP contribution in [0.4, 0.5) is 0 Å². The fourth-order valence-electron chi connectivity index (χ4n) is 3.63. The van der Waals surface area contributed by atoms with Gasteiger partial charge in [-0.05, 0) is 46.1 Å². The molecule has 2 aromatic rings. The molecule has 118 valence electrons. The van der Waals surface area contributed by atoms with Gasteiger partial charge in [0.2, 0.25) is 5.89 Å². The standard InChI is InChI=1S/C16H23N5O/c1-10-15(11(2)20(3)18-10)13-5-4-8-21(13)9-14-17-16(19-22-14)12-6-7-12/h12-13H,4-9H2,1-3H3. The van der Waals surface area contributed by atoms with Gasteiger partial charge in [0.25, 0.3) is 0 Å². The van der Waals surface area contributed by atoms with Crippen molar-refractivity contribution >= 4 is 0 Å². The first-order valence-corrected chi connectivity index (χ1v) is 8.20. The number of nitrogens with zero attached hydrogens (tertiary/aromatic N) is 5. The summed E-state index contributed by atoms with van der Waals surface area (Å²) >= 11 is 0. The van der Waals surface area contributed by atoms with Gasteiger partial charge in [-0.3, -0.25) is 9.58 Å². The largest absolute Gasteiger partial charge is 0.338 e. The molecule has 1 saturated heterocycles. The molecule has 0 N–H and O–H groups in total. The van der Waals surface area contributed by atoms with Crippen molar-refractivity contribution in [3.8, 4) is 0 Å². The first-order chi connectivity index (χ1) is 10.6. The predicted octanol–water partition coefficient (Wildman–Crippen LogP) is 2.63. The lowest BCUT2D eigenvalue weighted by atomic mass is 10.0. The van der Waals surface area contributed by atoms with E-state index in [0.717, 1.165) is 30.5 Å². The molecule has 0 bridgehead atoms. The second kappa shape index (κ2) is 5.19. The van der Waals surface area contributed by atoms with Crippen LogP contribution in [-0.4, -0.2) is 31.4 Å². The third-order valence-electron chi connectivity index (χ3n) is 5.03. The Labute approximate surface area is 130 Å². The van der Waals surface area contributed by atoms with Crippen LogP contribution in [0, 0.1) is 13.8 Å². The van der Waals surface area contributed by atoms with E-state index in [0.29, 0.717) is 12.0 Å². The molecule has 0 radical (unpaired) electrons. The molecule has 0 aromatic carbocycles. The zero-order valence-electron chi connectivity index (χ0n) is 13.5. The van der Waals surface area contributed by atoms with E-state index >= 15 is 0 Å². The molecule has 0 amide bonds. The van der Waals surface area contributed by atoms with Gasteiger partial charge in [0, 0.05) is 30.3 Å². The summed E-state index contributed by atoms with van der Waals surface area (Å²) in [6.45, 7) is 6.10. The van der Waals surface area contributed by atoms with Crippen LogP contribution in [0.15, 0.2) is 4.52 Å². The molecule has 1 unspecified atom stereocenters. The number of aryl methyl sites for hydroxylation is 2. The summed E-state index contributed by atoms with van der Waals surface area (Å²) in [5.74, 6) is 2.21. The maximum absolute atomic E-state index is 5.45. The van der Waals surface area contributed by atoms with E-state index in [9.17, 15) is 0 Å². The molecule has 2 aromatic heterocycles. The number of likely N-dealkylation sites (tertiary alicyclic amines) is 1. The molecule has 4 rings (SSSR count). The van der Waals surface area contributed by atoms with Crippen molar-refractivity contribution in [1.82, 2.24) is 24.8 Å². The molecule has 3 heterocycles. The Bertz CT molecular complexity index is 685. The second-order valence-electron chi connectivity index (χ2n) is 6.66. The van der Waals surface area contributed by atoms with Crippen LogP contribution in [0.5, 0.6) is 0 Å². The van der Waals surface area contributed by atoms with E-state index in [1.54, 1.807) is 0 Å². The first-order valence-electron chi connectivity index (χ1n) is 8.20. The Morgan fingerprint density at radius 1 is 1.23 bits per heavy atom. The zero-order valence-corrected chi connectivity index (χ0v) is 13.5. The molecule has 2 aliphatic rings. The summed E-state index contributed by atoms with van der Waals surface area (Å²) in [6, 6.07) is 0.421. The Balaban J connectivity index is 1.55. The maximum atomic E-state index is 5.45. The van der Waals surface area contributed by atoms with Gasteiger partial charge in [0.05, 0.1) is 12.2 Å². The van der Waals surface area contributed by atoms with Gasteiger partial charge < -0.3 is 4.52 Å².